The lowest BCUT2D eigenvalue weighted by Crippen LogP contribution is -2.18. The van der Waals surface area contributed by atoms with Gasteiger partial charge in [-0.05, 0) is 17.8 Å². The minimum atomic E-state index is 0.137. The summed E-state index contributed by atoms with van der Waals surface area (Å²) in [6.07, 6.45) is 5.50. The number of carbonyl (C=O) groups is 1. The Hall–Kier alpha value is -0.790. The third kappa shape index (κ3) is 2.36. The first-order valence-corrected chi connectivity index (χ1v) is 4.46. The maximum Gasteiger partial charge on any atom is 0.223 e. The average Bonchev–Trinajstić information content (AvgIpc) is 2.11. The topological polar surface area (TPSA) is 29.1 Å². The van der Waals surface area contributed by atoms with Crippen molar-refractivity contribution in [3.05, 3.63) is 12.3 Å². The Bertz CT molecular complexity index is 200. The Kier molecular flexibility index (Phi) is 2.55. The van der Waals surface area contributed by atoms with Crippen LogP contribution in [-0.4, -0.2) is 5.91 Å². The number of carbonyl (C=O) groups excluding carboxylic acids is 1. The van der Waals surface area contributed by atoms with Crippen LogP contribution in [0.4, 0.5) is 0 Å². The summed E-state index contributed by atoms with van der Waals surface area (Å²) in [5, 5.41) is 2.73. The first kappa shape index (κ1) is 9.30. The molecule has 0 saturated heterocycles. The van der Waals surface area contributed by atoms with E-state index in [0.29, 0.717) is 12.3 Å². The molecule has 1 atom stereocenters. The van der Waals surface area contributed by atoms with Gasteiger partial charge in [0.05, 0.1) is 0 Å². The first-order chi connectivity index (χ1) is 5.50. The zero-order chi connectivity index (χ0) is 9.19. The molecule has 1 heterocycles. The average molecular weight is 167 g/mol. The van der Waals surface area contributed by atoms with Crippen molar-refractivity contribution >= 4 is 5.91 Å². The van der Waals surface area contributed by atoms with Gasteiger partial charge in [-0.1, -0.05) is 26.8 Å². The van der Waals surface area contributed by atoms with Crippen LogP contribution in [0.25, 0.3) is 0 Å². The van der Waals surface area contributed by atoms with Gasteiger partial charge in [-0.15, -0.1) is 0 Å². The van der Waals surface area contributed by atoms with Gasteiger partial charge >= 0.3 is 0 Å². The second-order valence-corrected chi connectivity index (χ2v) is 4.44. The second kappa shape index (κ2) is 3.30. The zero-order valence-corrected chi connectivity index (χ0v) is 8.05. The molecule has 0 aromatic rings. The third-order valence-corrected chi connectivity index (χ3v) is 2.37. The van der Waals surface area contributed by atoms with Gasteiger partial charge in [0.15, 0.2) is 0 Å². The highest BCUT2D eigenvalue weighted by atomic mass is 16.1. The fourth-order valence-corrected chi connectivity index (χ4v) is 1.43. The van der Waals surface area contributed by atoms with E-state index in [9.17, 15) is 4.79 Å². The highest BCUT2D eigenvalue weighted by Crippen LogP contribution is 2.31. The van der Waals surface area contributed by atoms with Crippen molar-refractivity contribution in [2.75, 3.05) is 0 Å². The summed E-state index contributed by atoms with van der Waals surface area (Å²) in [5.41, 5.74) is 0.267. The summed E-state index contributed by atoms with van der Waals surface area (Å²) in [6, 6.07) is 0. The Morgan fingerprint density at radius 2 is 2.17 bits per heavy atom. The molecule has 0 aromatic heterocycles. The normalized spacial score (nSPS) is 24.9. The molecule has 0 radical (unpaired) electrons. The molecule has 1 aliphatic rings. The lowest BCUT2D eigenvalue weighted by Gasteiger charge is -2.26. The van der Waals surface area contributed by atoms with Crippen molar-refractivity contribution in [3.63, 3.8) is 0 Å². The number of hydrogen-bond acceptors (Lipinski definition) is 1. The van der Waals surface area contributed by atoms with Gasteiger partial charge in [0.25, 0.3) is 0 Å². The minimum Gasteiger partial charge on any atom is -0.333 e. The molecular weight excluding hydrogens is 150 g/mol. The molecule has 1 N–H and O–H groups in total. The summed E-state index contributed by atoms with van der Waals surface area (Å²) in [6.45, 7) is 6.62. The summed E-state index contributed by atoms with van der Waals surface area (Å²) in [4.78, 5) is 11.0. The van der Waals surface area contributed by atoms with Crippen LogP contribution in [0.3, 0.4) is 0 Å². The van der Waals surface area contributed by atoms with Crippen LogP contribution in [0.2, 0.25) is 0 Å². The van der Waals surface area contributed by atoms with E-state index >= 15 is 0 Å². The predicted octanol–water partition coefficient (Wildman–Crippen LogP) is 2.07. The predicted molar refractivity (Wildman–Crippen MR) is 49.5 cm³/mol. The molecular formula is C10H17NO. The van der Waals surface area contributed by atoms with Crippen LogP contribution in [0, 0.1) is 11.3 Å². The SMILES string of the molecule is CC(C)(C)C1C=CNC(=O)CC1. The van der Waals surface area contributed by atoms with Crippen LogP contribution in [0.15, 0.2) is 12.3 Å². The van der Waals surface area contributed by atoms with Crippen molar-refractivity contribution < 1.29 is 4.79 Å². The van der Waals surface area contributed by atoms with Crippen molar-refractivity contribution in [1.82, 2.24) is 5.32 Å². The molecule has 0 fully saturated rings. The molecule has 1 rings (SSSR count). The molecule has 1 amide bonds. The Labute approximate surface area is 74.0 Å². The highest BCUT2D eigenvalue weighted by Gasteiger charge is 2.23. The van der Waals surface area contributed by atoms with Crippen molar-refractivity contribution in [2.24, 2.45) is 11.3 Å². The van der Waals surface area contributed by atoms with E-state index in [-0.39, 0.29) is 11.3 Å². The number of rotatable bonds is 0. The second-order valence-electron chi connectivity index (χ2n) is 4.44. The molecule has 0 aromatic carbocycles. The molecule has 1 aliphatic heterocycles. The molecule has 0 spiro atoms. The van der Waals surface area contributed by atoms with E-state index in [0.717, 1.165) is 6.42 Å². The van der Waals surface area contributed by atoms with E-state index in [1.165, 1.54) is 0 Å². The van der Waals surface area contributed by atoms with Gasteiger partial charge in [-0.3, -0.25) is 4.79 Å². The van der Waals surface area contributed by atoms with E-state index < -0.39 is 0 Å². The van der Waals surface area contributed by atoms with Gasteiger partial charge in [-0.2, -0.15) is 0 Å². The zero-order valence-electron chi connectivity index (χ0n) is 8.05. The Morgan fingerprint density at radius 1 is 1.50 bits per heavy atom. The van der Waals surface area contributed by atoms with Gasteiger partial charge < -0.3 is 5.32 Å². The van der Waals surface area contributed by atoms with E-state index in [1.54, 1.807) is 6.20 Å². The molecule has 2 heteroatoms. The first-order valence-electron chi connectivity index (χ1n) is 4.46. The maximum atomic E-state index is 11.0. The number of allylic oxidation sites excluding steroid dienone is 1. The van der Waals surface area contributed by atoms with Crippen LogP contribution in [-0.2, 0) is 4.79 Å². The summed E-state index contributed by atoms with van der Waals surface area (Å²) in [7, 11) is 0. The maximum absolute atomic E-state index is 11.0. The molecule has 12 heavy (non-hydrogen) atoms. The van der Waals surface area contributed by atoms with E-state index in [1.807, 2.05) is 0 Å². The quantitative estimate of drug-likeness (QED) is 0.588. The summed E-state index contributed by atoms with van der Waals surface area (Å²) in [5.74, 6) is 0.648. The lowest BCUT2D eigenvalue weighted by molar-refractivity contribution is -0.120. The van der Waals surface area contributed by atoms with Gasteiger partial charge in [0.2, 0.25) is 5.91 Å². The van der Waals surface area contributed by atoms with Crippen LogP contribution >= 0.6 is 0 Å². The van der Waals surface area contributed by atoms with Crippen LogP contribution in [0.5, 0.6) is 0 Å². The third-order valence-electron chi connectivity index (χ3n) is 2.37. The summed E-state index contributed by atoms with van der Waals surface area (Å²) >= 11 is 0. The fourth-order valence-electron chi connectivity index (χ4n) is 1.43. The molecule has 68 valence electrons. The monoisotopic (exact) mass is 167 g/mol. The Morgan fingerprint density at radius 3 is 2.75 bits per heavy atom. The molecule has 2 nitrogen and oxygen atoms in total. The molecule has 0 saturated carbocycles. The van der Waals surface area contributed by atoms with Gasteiger partial charge in [0, 0.05) is 12.6 Å². The molecule has 0 aliphatic carbocycles. The standard InChI is InChI=1S/C10H17NO/c1-10(2,3)8-4-5-9(12)11-7-6-8/h6-8H,4-5H2,1-3H3,(H,11,12). The molecule has 1 unspecified atom stereocenters. The highest BCUT2D eigenvalue weighted by molar-refractivity contribution is 5.77. The van der Waals surface area contributed by atoms with Crippen LogP contribution < -0.4 is 5.32 Å². The minimum absolute atomic E-state index is 0.137. The van der Waals surface area contributed by atoms with Gasteiger partial charge in [-0.25, -0.2) is 0 Å². The summed E-state index contributed by atoms with van der Waals surface area (Å²) < 4.78 is 0. The molecule has 0 bridgehead atoms. The lowest BCUT2D eigenvalue weighted by atomic mass is 9.78. The Balaban J connectivity index is 2.63. The van der Waals surface area contributed by atoms with Crippen molar-refractivity contribution in [1.29, 1.82) is 0 Å². The van der Waals surface area contributed by atoms with Crippen LogP contribution in [0.1, 0.15) is 33.6 Å². The smallest absolute Gasteiger partial charge is 0.223 e. The fraction of sp³-hybridized carbons (Fsp3) is 0.700. The van der Waals surface area contributed by atoms with E-state index in [2.05, 4.69) is 32.2 Å². The van der Waals surface area contributed by atoms with Gasteiger partial charge in [0.1, 0.15) is 0 Å². The largest absolute Gasteiger partial charge is 0.333 e. The number of amides is 1. The van der Waals surface area contributed by atoms with Crippen molar-refractivity contribution in [2.45, 2.75) is 33.6 Å². The number of hydrogen-bond donors (Lipinski definition) is 1. The number of nitrogens with one attached hydrogen (secondary N) is 1. The van der Waals surface area contributed by atoms with Crippen molar-refractivity contribution in [3.8, 4) is 0 Å². The van der Waals surface area contributed by atoms with E-state index in [4.69, 9.17) is 0 Å².